The van der Waals surface area contributed by atoms with Gasteiger partial charge in [-0.15, -0.1) is 0 Å². The molecule has 2 heterocycles. The van der Waals surface area contributed by atoms with Crippen LogP contribution in [0.5, 0.6) is 0 Å². The summed E-state index contributed by atoms with van der Waals surface area (Å²) in [6.45, 7) is 10.4. The van der Waals surface area contributed by atoms with Crippen LogP contribution in [0.2, 0.25) is 0 Å². The van der Waals surface area contributed by atoms with Crippen molar-refractivity contribution in [1.82, 2.24) is 9.88 Å². The van der Waals surface area contributed by atoms with Crippen molar-refractivity contribution in [3.63, 3.8) is 0 Å². The van der Waals surface area contributed by atoms with E-state index in [0.29, 0.717) is 30.2 Å². The third-order valence-corrected chi connectivity index (χ3v) is 4.43. The molecule has 1 aliphatic rings. The molecule has 2 aromatic rings. The highest BCUT2D eigenvalue weighted by Crippen LogP contribution is 2.29. The molecule has 1 aromatic carbocycles. The van der Waals surface area contributed by atoms with E-state index in [9.17, 15) is 14.7 Å². The Bertz CT molecular complexity index is 858. The number of piperazine rings is 1. The summed E-state index contributed by atoms with van der Waals surface area (Å²) in [4.78, 5) is 31.9. The molecule has 0 radical (unpaired) electrons. The minimum absolute atomic E-state index is 0.0670. The fourth-order valence-electron chi connectivity index (χ4n) is 3.40. The number of para-hydroxylation sites is 1. The molecule has 1 saturated heterocycles. The minimum atomic E-state index is -1.05. The average Bonchev–Trinajstić information content (AvgIpc) is 2.95. The van der Waals surface area contributed by atoms with Gasteiger partial charge in [0, 0.05) is 25.2 Å². The van der Waals surface area contributed by atoms with Crippen LogP contribution in [0.1, 0.15) is 45.0 Å². The highest BCUT2D eigenvalue weighted by atomic mass is 16.6. The van der Waals surface area contributed by atoms with Gasteiger partial charge < -0.3 is 24.1 Å². The molecule has 0 aliphatic carbocycles. The van der Waals surface area contributed by atoms with Gasteiger partial charge in [0.15, 0.2) is 5.58 Å². The van der Waals surface area contributed by atoms with Crippen molar-refractivity contribution < 1.29 is 23.8 Å². The van der Waals surface area contributed by atoms with Crippen LogP contribution in [0, 0.1) is 0 Å². The van der Waals surface area contributed by atoms with Crippen LogP contribution < -0.4 is 4.90 Å². The number of fused-ring (bicyclic) bond motifs is 1. The lowest BCUT2D eigenvalue weighted by Gasteiger charge is -2.43. The number of ether oxygens (including phenoxy) is 1. The van der Waals surface area contributed by atoms with Crippen molar-refractivity contribution in [2.75, 3.05) is 18.0 Å². The predicted molar refractivity (Wildman–Crippen MR) is 100 cm³/mol. The van der Waals surface area contributed by atoms with Crippen LogP contribution in [0.4, 0.5) is 10.8 Å². The normalized spacial score (nSPS) is 20.8. The third-order valence-electron chi connectivity index (χ3n) is 4.43. The number of carbonyl (C=O) groups excluding carboxylic acids is 1. The second kappa shape index (κ2) is 6.75. The lowest BCUT2D eigenvalue weighted by Crippen LogP contribution is -2.59. The number of anilines is 1. The zero-order valence-corrected chi connectivity index (χ0v) is 16.2. The van der Waals surface area contributed by atoms with Crippen LogP contribution >= 0.6 is 0 Å². The number of carbonyl (C=O) groups is 2. The van der Waals surface area contributed by atoms with Crippen LogP contribution in [0.3, 0.4) is 0 Å². The van der Waals surface area contributed by atoms with Gasteiger partial charge in [0.1, 0.15) is 11.1 Å². The summed E-state index contributed by atoms with van der Waals surface area (Å²) in [5, 5.41) is 9.34. The number of hydrogen-bond acceptors (Lipinski definition) is 6. The molecular formula is C19H25N3O5. The molecule has 27 heavy (non-hydrogen) atoms. The number of aromatic nitrogens is 1. The average molecular weight is 375 g/mol. The highest BCUT2D eigenvalue weighted by Gasteiger charge is 2.36. The largest absolute Gasteiger partial charge is 0.478 e. The molecular weight excluding hydrogens is 350 g/mol. The molecule has 146 valence electrons. The fourth-order valence-corrected chi connectivity index (χ4v) is 3.40. The Morgan fingerprint density at radius 1 is 1.22 bits per heavy atom. The molecule has 3 rings (SSSR count). The molecule has 1 aliphatic heterocycles. The van der Waals surface area contributed by atoms with E-state index in [2.05, 4.69) is 4.98 Å². The maximum absolute atomic E-state index is 12.4. The van der Waals surface area contributed by atoms with Gasteiger partial charge in [-0.3, -0.25) is 0 Å². The van der Waals surface area contributed by atoms with Gasteiger partial charge in [-0.2, -0.15) is 4.98 Å². The summed E-state index contributed by atoms with van der Waals surface area (Å²) in [6, 6.07) is 5.07. The van der Waals surface area contributed by atoms with E-state index in [1.54, 1.807) is 17.0 Å². The van der Waals surface area contributed by atoms with Crippen LogP contribution in [-0.4, -0.2) is 57.8 Å². The first-order chi connectivity index (χ1) is 12.6. The van der Waals surface area contributed by atoms with Gasteiger partial charge in [-0.1, -0.05) is 6.07 Å². The van der Waals surface area contributed by atoms with E-state index in [-0.39, 0.29) is 23.7 Å². The van der Waals surface area contributed by atoms with E-state index >= 15 is 0 Å². The fraction of sp³-hybridized carbons (Fsp3) is 0.526. The molecule has 1 N–H and O–H groups in total. The first kappa shape index (κ1) is 19.0. The Morgan fingerprint density at radius 3 is 2.41 bits per heavy atom. The molecule has 1 amide bonds. The Balaban J connectivity index is 1.85. The predicted octanol–water partition coefficient (Wildman–Crippen LogP) is 3.36. The number of hydrogen-bond donors (Lipinski definition) is 1. The Hall–Kier alpha value is -2.77. The Morgan fingerprint density at radius 2 is 1.85 bits per heavy atom. The molecule has 8 heteroatoms. The van der Waals surface area contributed by atoms with Crippen LogP contribution in [0.15, 0.2) is 22.6 Å². The van der Waals surface area contributed by atoms with E-state index in [1.807, 2.05) is 39.5 Å². The van der Waals surface area contributed by atoms with E-state index in [4.69, 9.17) is 9.15 Å². The van der Waals surface area contributed by atoms with Crippen molar-refractivity contribution in [3.05, 3.63) is 23.8 Å². The van der Waals surface area contributed by atoms with Crippen molar-refractivity contribution in [2.24, 2.45) is 0 Å². The zero-order valence-electron chi connectivity index (χ0n) is 16.2. The minimum Gasteiger partial charge on any atom is -0.478 e. The van der Waals surface area contributed by atoms with Crippen molar-refractivity contribution in [3.8, 4) is 0 Å². The van der Waals surface area contributed by atoms with Crippen molar-refractivity contribution in [1.29, 1.82) is 0 Å². The lowest BCUT2D eigenvalue weighted by atomic mass is 10.1. The van der Waals surface area contributed by atoms with Gasteiger partial charge in [0.2, 0.25) is 0 Å². The summed E-state index contributed by atoms with van der Waals surface area (Å²) >= 11 is 0. The number of rotatable bonds is 2. The van der Waals surface area contributed by atoms with Crippen molar-refractivity contribution in [2.45, 2.75) is 52.3 Å². The summed E-state index contributed by atoms with van der Waals surface area (Å²) in [7, 11) is 0. The summed E-state index contributed by atoms with van der Waals surface area (Å²) < 4.78 is 11.3. The van der Waals surface area contributed by atoms with Crippen LogP contribution in [0.25, 0.3) is 11.1 Å². The molecule has 0 unspecified atom stereocenters. The van der Waals surface area contributed by atoms with Crippen molar-refractivity contribution >= 4 is 29.2 Å². The maximum atomic E-state index is 12.4. The molecule has 0 bridgehead atoms. The molecule has 2 atom stereocenters. The van der Waals surface area contributed by atoms with Gasteiger partial charge >= 0.3 is 12.1 Å². The maximum Gasteiger partial charge on any atom is 0.410 e. The van der Waals surface area contributed by atoms with Gasteiger partial charge in [0.25, 0.3) is 6.01 Å². The molecule has 1 fully saturated rings. The number of aromatic carboxylic acids is 1. The Labute approximate surface area is 157 Å². The monoisotopic (exact) mass is 375 g/mol. The standard InChI is InChI=1S/C19H25N3O5/c1-11-9-21(18(25)27-19(3,4)5)10-12(2)22(11)17-20-15-13(16(23)24)7-6-8-14(15)26-17/h6-8,11-12H,9-10H2,1-5H3,(H,23,24)/t11-,12+. The summed E-state index contributed by atoms with van der Waals surface area (Å²) in [6.07, 6.45) is -0.341. The first-order valence-electron chi connectivity index (χ1n) is 8.96. The third kappa shape index (κ3) is 3.84. The second-order valence-corrected chi connectivity index (χ2v) is 7.94. The number of amides is 1. The number of nitrogens with zero attached hydrogens (tertiary/aromatic N) is 3. The van der Waals surface area contributed by atoms with Gasteiger partial charge in [-0.25, -0.2) is 9.59 Å². The summed E-state index contributed by atoms with van der Waals surface area (Å²) in [5.41, 5.74) is 0.317. The molecule has 8 nitrogen and oxygen atoms in total. The van der Waals surface area contributed by atoms with Gasteiger partial charge in [0.05, 0.1) is 5.56 Å². The molecule has 1 aromatic heterocycles. The van der Waals surface area contributed by atoms with E-state index in [1.165, 1.54) is 6.07 Å². The number of carboxylic acids is 1. The smallest absolute Gasteiger partial charge is 0.410 e. The lowest BCUT2D eigenvalue weighted by molar-refractivity contribution is 0.0189. The number of benzene rings is 1. The molecule has 0 saturated carbocycles. The summed E-state index contributed by atoms with van der Waals surface area (Å²) in [5.74, 6) is -1.05. The number of carboxylic acid groups (broad SMARTS) is 1. The SMILES string of the molecule is C[C@@H]1CN(C(=O)OC(C)(C)C)C[C@H](C)N1c1nc2c(C(=O)O)cccc2o1. The Kier molecular flexibility index (Phi) is 4.75. The molecule has 0 spiro atoms. The highest BCUT2D eigenvalue weighted by molar-refractivity contribution is 6.00. The number of oxazole rings is 1. The zero-order chi connectivity index (χ0) is 19.9. The van der Waals surface area contributed by atoms with Crippen LogP contribution in [-0.2, 0) is 4.74 Å². The van der Waals surface area contributed by atoms with Gasteiger partial charge in [-0.05, 0) is 46.8 Å². The first-order valence-corrected chi connectivity index (χ1v) is 8.96. The topological polar surface area (TPSA) is 96.1 Å². The second-order valence-electron chi connectivity index (χ2n) is 7.94. The van der Waals surface area contributed by atoms with E-state index in [0.717, 1.165) is 0 Å². The van der Waals surface area contributed by atoms with E-state index < -0.39 is 11.6 Å². The quantitative estimate of drug-likeness (QED) is 0.860.